The van der Waals surface area contributed by atoms with Gasteiger partial charge in [-0.25, -0.2) is 4.79 Å². The van der Waals surface area contributed by atoms with Gasteiger partial charge in [0.25, 0.3) is 5.91 Å². The highest BCUT2D eigenvalue weighted by molar-refractivity contribution is 5.97. The fourth-order valence-electron chi connectivity index (χ4n) is 5.47. The van der Waals surface area contributed by atoms with Crippen molar-refractivity contribution >= 4 is 12.0 Å². The van der Waals surface area contributed by atoms with Gasteiger partial charge in [0.05, 0.1) is 17.7 Å². The van der Waals surface area contributed by atoms with E-state index >= 15 is 0 Å². The van der Waals surface area contributed by atoms with Crippen LogP contribution in [0.5, 0.6) is 11.5 Å². The van der Waals surface area contributed by atoms with Crippen LogP contribution in [0.2, 0.25) is 0 Å². The molecule has 4 atom stereocenters. The fraction of sp³-hybridized carbons (Fsp3) is 0.680. The van der Waals surface area contributed by atoms with Crippen LogP contribution in [0, 0.1) is 5.41 Å². The predicted molar refractivity (Wildman–Crippen MR) is 123 cm³/mol. The lowest BCUT2D eigenvalue weighted by atomic mass is 9.75. The van der Waals surface area contributed by atoms with Crippen LogP contribution in [0.1, 0.15) is 70.2 Å². The number of rotatable bonds is 3. The molecule has 1 aliphatic carbocycles. The number of nitrogens with one attached hydrogen (secondary N) is 1. The van der Waals surface area contributed by atoms with Crippen LogP contribution in [0.3, 0.4) is 0 Å². The maximum absolute atomic E-state index is 13.3. The summed E-state index contributed by atoms with van der Waals surface area (Å²) in [6.07, 6.45) is 3.14. The lowest BCUT2D eigenvalue weighted by molar-refractivity contribution is -0.00901. The summed E-state index contributed by atoms with van der Waals surface area (Å²) < 4.78 is 17.0. The van der Waals surface area contributed by atoms with Gasteiger partial charge < -0.3 is 24.6 Å². The zero-order valence-corrected chi connectivity index (χ0v) is 20.1. The molecule has 2 N–H and O–H groups in total. The molecule has 0 radical (unpaired) electrons. The van der Waals surface area contributed by atoms with Crippen molar-refractivity contribution in [1.29, 1.82) is 0 Å². The summed E-state index contributed by atoms with van der Waals surface area (Å²) in [5.74, 6) is 0.728. The van der Waals surface area contributed by atoms with Gasteiger partial charge in [-0.1, -0.05) is 25.8 Å². The van der Waals surface area contributed by atoms with E-state index in [0.717, 1.165) is 25.7 Å². The average Bonchev–Trinajstić information content (AvgIpc) is 2.98. The molecule has 0 unspecified atom stereocenters. The van der Waals surface area contributed by atoms with Gasteiger partial charge in [-0.05, 0) is 52.2 Å². The number of nitrogens with zero attached hydrogens (tertiary/aromatic N) is 1. The lowest BCUT2D eigenvalue weighted by Crippen LogP contribution is -2.50. The van der Waals surface area contributed by atoms with Crippen LogP contribution in [-0.4, -0.2) is 65.6 Å². The Morgan fingerprint density at radius 1 is 1.21 bits per heavy atom. The first-order valence-corrected chi connectivity index (χ1v) is 12.0. The topological polar surface area (TPSA) is 97.3 Å². The van der Waals surface area contributed by atoms with E-state index < -0.39 is 23.2 Å². The highest BCUT2D eigenvalue weighted by Crippen LogP contribution is 2.48. The third kappa shape index (κ3) is 4.76. The number of benzene rings is 1. The Bertz CT molecular complexity index is 897. The zero-order chi connectivity index (χ0) is 23.8. The SMILES string of the molecule is CC(C)(C)OC(=O)N1[C@@H](CNC(=O)c2cccc3c2OCCO3)C[C@@]2(C)[C@@H](O)CCCC[C@@H]12. The molecule has 1 aromatic carbocycles. The van der Waals surface area contributed by atoms with Crippen molar-refractivity contribution in [2.24, 2.45) is 5.41 Å². The number of hydrogen-bond donors (Lipinski definition) is 2. The number of ether oxygens (including phenoxy) is 3. The third-order valence-corrected chi connectivity index (χ3v) is 7.05. The number of hydrogen-bond acceptors (Lipinski definition) is 6. The molecule has 0 aromatic heterocycles. The first kappa shape index (κ1) is 23.7. The number of aliphatic hydroxyl groups is 1. The van der Waals surface area contributed by atoms with Gasteiger partial charge in [0.1, 0.15) is 18.8 Å². The molecular formula is C25H36N2O6. The molecule has 33 heavy (non-hydrogen) atoms. The Hall–Kier alpha value is -2.48. The van der Waals surface area contributed by atoms with Crippen molar-refractivity contribution in [2.75, 3.05) is 19.8 Å². The van der Waals surface area contributed by atoms with Crippen molar-refractivity contribution in [3.05, 3.63) is 23.8 Å². The molecule has 0 bridgehead atoms. The number of likely N-dealkylation sites (tertiary alicyclic amines) is 1. The highest BCUT2D eigenvalue weighted by atomic mass is 16.6. The Labute approximate surface area is 195 Å². The molecule has 2 fully saturated rings. The second kappa shape index (κ2) is 9.05. The number of aliphatic hydroxyl groups excluding tert-OH is 1. The summed E-state index contributed by atoms with van der Waals surface area (Å²) in [7, 11) is 0. The van der Waals surface area contributed by atoms with Crippen LogP contribution < -0.4 is 14.8 Å². The van der Waals surface area contributed by atoms with Gasteiger partial charge in [-0.3, -0.25) is 9.69 Å². The minimum absolute atomic E-state index is 0.132. The molecule has 2 aliphatic heterocycles. The first-order chi connectivity index (χ1) is 15.6. The molecular weight excluding hydrogens is 424 g/mol. The quantitative estimate of drug-likeness (QED) is 0.717. The van der Waals surface area contributed by atoms with E-state index in [9.17, 15) is 14.7 Å². The Morgan fingerprint density at radius 3 is 2.70 bits per heavy atom. The summed E-state index contributed by atoms with van der Waals surface area (Å²) in [5, 5.41) is 14.0. The summed E-state index contributed by atoms with van der Waals surface area (Å²) in [6, 6.07) is 4.84. The number of amides is 2. The number of para-hydroxylation sites is 1. The van der Waals surface area contributed by atoms with E-state index in [2.05, 4.69) is 12.2 Å². The summed E-state index contributed by atoms with van der Waals surface area (Å²) in [5.41, 5.74) is -0.659. The van der Waals surface area contributed by atoms with Crippen molar-refractivity contribution in [3.63, 3.8) is 0 Å². The van der Waals surface area contributed by atoms with Gasteiger partial charge in [0.15, 0.2) is 11.5 Å². The minimum atomic E-state index is -0.631. The largest absolute Gasteiger partial charge is 0.486 e. The molecule has 182 valence electrons. The predicted octanol–water partition coefficient (Wildman–Crippen LogP) is 3.51. The van der Waals surface area contributed by atoms with E-state index in [0.29, 0.717) is 36.7 Å². The van der Waals surface area contributed by atoms with E-state index in [-0.39, 0.29) is 24.5 Å². The zero-order valence-electron chi connectivity index (χ0n) is 20.1. The van der Waals surface area contributed by atoms with Crippen molar-refractivity contribution in [1.82, 2.24) is 10.2 Å². The first-order valence-electron chi connectivity index (χ1n) is 12.0. The second-order valence-corrected chi connectivity index (χ2v) is 10.6. The van der Waals surface area contributed by atoms with Crippen LogP contribution >= 0.6 is 0 Å². The standard InChI is InChI=1S/C25H36N2O6/c1-24(2,3)33-23(30)27-16(14-25(4)19(27)10-5-6-11-20(25)28)15-26-22(29)17-8-7-9-18-21(17)32-13-12-31-18/h7-9,16,19-20,28H,5-6,10-15H2,1-4H3,(H,26,29)/t16-,19-,20+,25-/m1/s1. The molecule has 0 spiro atoms. The Kier molecular flexibility index (Phi) is 6.49. The maximum atomic E-state index is 13.3. The normalized spacial score (nSPS) is 29.1. The molecule has 8 heteroatoms. The molecule has 2 amide bonds. The van der Waals surface area contributed by atoms with Crippen LogP contribution in [-0.2, 0) is 4.74 Å². The number of carbonyl (C=O) groups is 2. The van der Waals surface area contributed by atoms with Gasteiger partial charge in [-0.2, -0.15) is 0 Å². The number of carbonyl (C=O) groups excluding carboxylic acids is 2. The summed E-state index contributed by atoms with van der Waals surface area (Å²) >= 11 is 0. The van der Waals surface area contributed by atoms with Gasteiger partial charge >= 0.3 is 6.09 Å². The summed E-state index contributed by atoms with van der Waals surface area (Å²) in [4.78, 5) is 28.1. The molecule has 1 saturated carbocycles. The minimum Gasteiger partial charge on any atom is -0.486 e. The molecule has 1 aromatic rings. The molecule has 3 aliphatic rings. The van der Waals surface area contributed by atoms with Crippen molar-refractivity contribution in [2.45, 2.75) is 83.6 Å². The van der Waals surface area contributed by atoms with E-state index in [1.165, 1.54) is 0 Å². The smallest absolute Gasteiger partial charge is 0.410 e. The maximum Gasteiger partial charge on any atom is 0.410 e. The highest BCUT2D eigenvalue weighted by Gasteiger charge is 2.55. The molecule has 8 nitrogen and oxygen atoms in total. The molecule has 1 saturated heterocycles. The van der Waals surface area contributed by atoms with Crippen LogP contribution in [0.15, 0.2) is 18.2 Å². The summed E-state index contributed by atoms with van der Waals surface area (Å²) in [6.45, 7) is 8.71. The van der Waals surface area contributed by atoms with E-state index in [1.807, 2.05) is 20.8 Å². The number of fused-ring (bicyclic) bond motifs is 2. The van der Waals surface area contributed by atoms with Gasteiger partial charge in [-0.15, -0.1) is 0 Å². The Morgan fingerprint density at radius 2 is 1.94 bits per heavy atom. The van der Waals surface area contributed by atoms with E-state index in [4.69, 9.17) is 14.2 Å². The van der Waals surface area contributed by atoms with Crippen LogP contribution in [0.25, 0.3) is 0 Å². The van der Waals surface area contributed by atoms with Gasteiger partial charge in [0.2, 0.25) is 0 Å². The lowest BCUT2D eigenvalue weighted by Gasteiger charge is -2.37. The molecule has 4 rings (SSSR count). The fourth-order valence-corrected chi connectivity index (χ4v) is 5.47. The van der Waals surface area contributed by atoms with Crippen molar-refractivity contribution in [3.8, 4) is 11.5 Å². The third-order valence-electron chi connectivity index (χ3n) is 7.05. The van der Waals surface area contributed by atoms with Crippen LogP contribution in [0.4, 0.5) is 4.79 Å². The average molecular weight is 461 g/mol. The second-order valence-electron chi connectivity index (χ2n) is 10.6. The van der Waals surface area contributed by atoms with Gasteiger partial charge in [0, 0.05) is 18.0 Å². The molecule has 2 heterocycles. The van der Waals surface area contributed by atoms with Crippen molar-refractivity contribution < 1.29 is 28.9 Å². The Balaban J connectivity index is 1.55. The monoisotopic (exact) mass is 460 g/mol. The van der Waals surface area contributed by atoms with E-state index in [1.54, 1.807) is 23.1 Å².